The van der Waals surface area contributed by atoms with E-state index in [1.54, 1.807) is 0 Å². The second kappa shape index (κ2) is 3.92. The Labute approximate surface area is 95.1 Å². The van der Waals surface area contributed by atoms with E-state index in [1.165, 1.54) is 25.7 Å². The van der Waals surface area contributed by atoms with Gasteiger partial charge in [0, 0.05) is 19.0 Å². The molecule has 0 saturated heterocycles. The molecule has 1 aliphatic carbocycles. The van der Waals surface area contributed by atoms with Crippen molar-refractivity contribution in [2.24, 2.45) is 0 Å². The van der Waals surface area contributed by atoms with Crippen LogP contribution in [0.25, 0.3) is 0 Å². The average molecular weight is 219 g/mol. The summed E-state index contributed by atoms with van der Waals surface area (Å²) in [6.45, 7) is 1.90. The maximum atomic E-state index is 11.2. The third-order valence-corrected chi connectivity index (χ3v) is 3.73. The second-order valence-corrected chi connectivity index (χ2v) is 4.74. The molecular weight excluding hydrogens is 202 g/mol. The third kappa shape index (κ3) is 1.44. The molecule has 2 aliphatic rings. The van der Waals surface area contributed by atoms with Gasteiger partial charge in [0.25, 0.3) is 0 Å². The van der Waals surface area contributed by atoms with Crippen molar-refractivity contribution in [3.63, 3.8) is 0 Å². The van der Waals surface area contributed by atoms with Crippen LogP contribution in [0.4, 0.5) is 5.95 Å². The number of nitrogens with zero attached hydrogens (tertiary/aromatic N) is 2. The van der Waals surface area contributed by atoms with Crippen LogP contribution < -0.4 is 5.32 Å². The molecule has 4 nitrogen and oxygen atoms in total. The minimum atomic E-state index is 0.514. The molecule has 0 bridgehead atoms. The number of anilines is 1. The molecule has 2 heterocycles. The van der Waals surface area contributed by atoms with Gasteiger partial charge in [-0.3, -0.25) is 4.79 Å². The summed E-state index contributed by atoms with van der Waals surface area (Å²) in [6.07, 6.45) is 7.00. The van der Waals surface area contributed by atoms with Gasteiger partial charge < -0.3 is 9.88 Å². The summed E-state index contributed by atoms with van der Waals surface area (Å²) in [5, 5.41) is 3.27. The summed E-state index contributed by atoms with van der Waals surface area (Å²) in [4.78, 5) is 15.9. The first-order chi connectivity index (χ1) is 7.90. The number of aromatic nitrogens is 2. The van der Waals surface area contributed by atoms with Crippen LogP contribution in [0, 0.1) is 0 Å². The Hall–Kier alpha value is -1.32. The lowest BCUT2D eigenvalue weighted by molar-refractivity contribution is 0.111. The largest absolute Gasteiger partial charge is 0.356 e. The van der Waals surface area contributed by atoms with Crippen molar-refractivity contribution in [1.82, 2.24) is 9.55 Å². The predicted molar refractivity (Wildman–Crippen MR) is 61.9 cm³/mol. The number of hydrogen-bond donors (Lipinski definition) is 1. The van der Waals surface area contributed by atoms with Crippen molar-refractivity contribution in [1.29, 1.82) is 0 Å². The minimum absolute atomic E-state index is 0.514. The van der Waals surface area contributed by atoms with E-state index in [-0.39, 0.29) is 0 Å². The van der Waals surface area contributed by atoms with Gasteiger partial charge in [0.05, 0.1) is 5.69 Å². The number of nitrogens with one attached hydrogen (secondary N) is 1. The van der Waals surface area contributed by atoms with E-state index in [1.807, 2.05) is 4.57 Å². The van der Waals surface area contributed by atoms with Crippen molar-refractivity contribution in [2.75, 3.05) is 11.9 Å². The Kier molecular flexibility index (Phi) is 2.42. The Morgan fingerprint density at radius 1 is 1.31 bits per heavy atom. The molecule has 1 fully saturated rings. The van der Waals surface area contributed by atoms with Crippen molar-refractivity contribution < 1.29 is 4.79 Å². The Balaban J connectivity index is 2.03. The molecule has 86 valence electrons. The summed E-state index contributed by atoms with van der Waals surface area (Å²) in [7, 11) is 0. The number of carbonyl (C=O) groups is 1. The first kappa shape index (κ1) is 9.87. The fourth-order valence-corrected chi connectivity index (χ4v) is 2.91. The standard InChI is InChI=1S/C12H17N3O/c16-8-10-11(9-4-1-2-5-9)14-12-13-6-3-7-15(10)12/h8-9H,1-7H2,(H,13,14). The van der Waals surface area contributed by atoms with Gasteiger partial charge >= 0.3 is 0 Å². The molecule has 0 unspecified atom stereocenters. The van der Waals surface area contributed by atoms with Crippen LogP contribution in [-0.4, -0.2) is 22.4 Å². The number of fused-ring (bicyclic) bond motifs is 1. The Bertz CT molecular complexity index is 405. The smallest absolute Gasteiger partial charge is 0.203 e. The molecule has 1 saturated carbocycles. The van der Waals surface area contributed by atoms with Gasteiger partial charge in [-0.1, -0.05) is 12.8 Å². The van der Waals surface area contributed by atoms with Gasteiger partial charge in [0.1, 0.15) is 5.69 Å². The van der Waals surface area contributed by atoms with Gasteiger partial charge in [0.15, 0.2) is 6.29 Å². The van der Waals surface area contributed by atoms with E-state index in [0.29, 0.717) is 5.92 Å². The molecule has 1 aromatic rings. The lowest BCUT2D eigenvalue weighted by Crippen LogP contribution is -2.18. The topological polar surface area (TPSA) is 46.9 Å². The Morgan fingerprint density at radius 3 is 2.88 bits per heavy atom. The molecule has 0 atom stereocenters. The Morgan fingerprint density at radius 2 is 2.12 bits per heavy atom. The minimum Gasteiger partial charge on any atom is -0.356 e. The number of aldehydes is 1. The second-order valence-electron chi connectivity index (χ2n) is 4.74. The maximum Gasteiger partial charge on any atom is 0.203 e. The summed E-state index contributed by atoms with van der Waals surface area (Å²) in [6, 6.07) is 0. The summed E-state index contributed by atoms with van der Waals surface area (Å²) in [5.74, 6) is 1.41. The van der Waals surface area contributed by atoms with E-state index >= 15 is 0 Å². The first-order valence-electron chi connectivity index (χ1n) is 6.19. The lowest BCUT2D eigenvalue weighted by atomic mass is 10.0. The van der Waals surface area contributed by atoms with E-state index in [2.05, 4.69) is 10.3 Å². The van der Waals surface area contributed by atoms with Crippen LogP contribution in [0.3, 0.4) is 0 Å². The van der Waals surface area contributed by atoms with Crippen LogP contribution in [0.1, 0.15) is 54.2 Å². The quantitative estimate of drug-likeness (QED) is 0.775. The van der Waals surface area contributed by atoms with Crippen molar-refractivity contribution in [2.45, 2.75) is 44.6 Å². The van der Waals surface area contributed by atoms with Crippen LogP contribution in [0.15, 0.2) is 0 Å². The zero-order valence-electron chi connectivity index (χ0n) is 9.41. The van der Waals surface area contributed by atoms with Gasteiger partial charge in [0.2, 0.25) is 5.95 Å². The molecule has 0 amide bonds. The fraction of sp³-hybridized carbons (Fsp3) is 0.667. The molecule has 4 heteroatoms. The fourth-order valence-electron chi connectivity index (χ4n) is 2.91. The number of hydrogen-bond acceptors (Lipinski definition) is 3. The van der Waals surface area contributed by atoms with Gasteiger partial charge in [-0.25, -0.2) is 4.98 Å². The van der Waals surface area contributed by atoms with E-state index < -0.39 is 0 Å². The molecule has 1 aliphatic heterocycles. The van der Waals surface area contributed by atoms with Crippen LogP contribution in [0.5, 0.6) is 0 Å². The van der Waals surface area contributed by atoms with Crippen LogP contribution in [-0.2, 0) is 6.54 Å². The lowest BCUT2D eigenvalue weighted by Gasteiger charge is -2.16. The summed E-state index contributed by atoms with van der Waals surface area (Å²) in [5.41, 5.74) is 1.85. The highest BCUT2D eigenvalue weighted by Gasteiger charge is 2.26. The van der Waals surface area contributed by atoms with Crippen molar-refractivity contribution >= 4 is 12.2 Å². The summed E-state index contributed by atoms with van der Waals surface area (Å²) >= 11 is 0. The molecular formula is C12H17N3O. The molecule has 16 heavy (non-hydrogen) atoms. The van der Waals surface area contributed by atoms with Gasteiger partial charge in [-0.15, -0.1) is 0 Å². The number of carbonyl (C=O) groups excluding carboxylic acids is 1. The summed E-state index contributed by atoms with van der Waals surface area (Å²) < 4.78 is 2.05. The van der Waals surface area contributed by atoms with Crippen LogP contribution >= 0.6 is 0 Å². The van der Waals surface area contributed by atoms with Crippen LogP contribution in [0.2, 0.25) is 0 Å². The van der Waals surface area contributed by atoms with E-state index in [0.717, 1.165) is 43.1 Å². The number of rotatable bonds is 2. The highest BCUT2D eigenvalue weighted by molar-refractivity contribution is 5.76. The SMILES string of the molecule is O=Cc1c(C2CCCC2)nc2n1CCCN2. The maximum absolute atomic E-state index is 11.2. The normalized spacial score (nSPS) is 20.5. The highest BCUT2D eigenvalue weighted by Crippen LogP contribution is 2.36. The van der Waals surface area contributed by atoms with E-state index in [4.69, 9.17) is 0 Å². The molecule has 1 N–H and O–H groups in total. The molecule has 0 radical (unpaired) electrons. The van der Waals surface area contributed by atoms with Crippen molar-refractivity contribution in [3.05, 3.63) is 11.4 Å². The van der Waals surface area contributed by atoms with E-state index in [9.17, 15) is 4.79 Å². The molecule has 3 rings (SSSR count). The molecule has 0 aromatic carbocycles. The predicted octanol–water partition coefficient (Wildman–Crippen LogP) is 2.17. The zero-order valence-corrected chi connectivity index (χ0v) is 9.41. The monoisotopic (exact) mass is 219 g/mol. The third-order valence-electron chi connectivity index (χ3n) is 3.73. The number of imidazole rings is 1. The van der Waals surface area contributed by atoms with Gasteiger partial charge in [-0.05, 0) is 19.3 Å². The average Bonchev–Trinajstić information content (AvgIpc) is 2.95. The molecule has 1 aromatic heterocycles. The van der Waals surface area contributed by atoms with Crippen molar-refractivity contribution in [3.8, 4) is 0 Å². The van der Waals surface area contributed by atoms with Gasteiger partial charge in [-0.2, -0.15) is 0 Å². The first-order valence-corrected chi connectivity index (χ1v) is 6.19. The zero-order chi connectivity index (χ0) is 11.0. The highest BCUT2D eigenvalue weighted by atomic mass is 16.1. The molecule has 0 spiro atoms.